The second-order valence-electron chi connectivity index (χ2n) is 5.70. The number of hydrogen-bond acceptors (Lipinski definition) is 1. The number of halogens is 1. The van der Waals surface area contributed by atoms with Crippen LogP contribution in [0.5, 0.6) is 0 Å². The molecule has 0 radical (unpaired) electrons. The van der Waals surface area contributed by atoms with Crippen molar-refractivity contribution in [2.45, 2.75) is 38.2 Å². The van der Waals surface area contributed by atoms with Crippen LogP contribution in [-0.2, 0) is 6.42 Å². The van der Waals surface area contributed by atoms with Crippen LogP contribution < -0.4 is 0 Å². The van der Waals surface area contributed by atoms with E-state index in [0.29, 0.717) is 23.8 Å². The molecule has 2 fully saturated rings. The average Bonchev–Trinajstić information content (AvgIpc) is 2.94. The minimum Gasteiger partial charge on any atom is -0.392 e. The van der Waals surface area contributed by atoms with Gasteiger partial charge in [-0.2, -0.15) is 0 Å². The maximum Gasteiger partial charge on any atom is 0.126 e. The summed E-state index contributed by atoms with van der Waals surface area (Å²) in [5.74, 6) is 1.75. The summed E-state index contributed by atoms with van der Waals surface area (Å²) in [4.78, 5) is 0. The number of rotatable bonds is 3. The zero-order valence-corrected chi connectivity index (χ0v) is 9.98. The van der Waals surface area contributed by atoms with Gasteiger partial charge in [0.2, 0.25) is 0 Å². The molecule has 17 heavy (non-hydrogen) atoms. The Labute approximate surface area is 102 Å². The first kappa shape index (κ1) is 11.2. The monoisotopic (exact) mass is 234 g/mol. The van der Waals surface area contributed by atoms with E-state index in [9.17, 15) is 9.50 Å². The highest BCUT2D eigenvalue weighted by atomic mass is 19.1. The molecule has 0 amide bonds. The van der Waals surface area contributed by atoms with Crippen molar-refractivity contribution in [3.05, 3.63) is 35.6 Å². The molecule has 1 nitrogen and oxygen atoms in total. The summed E-state index contributed by atoms with van der Waals surface area (Å²) < 4.78 is 13.5. The SMILES string of the molecule is OC(Cc1ccccc1F)C1CC2CCC1C2. The maximum absolute atomic E-state index is 13.5. The molecule has 1 N–H and O–H groups in total. The van der Waals surface area contributed by atoms with E-state index in [1.807, 2.05) is 6.07 Å². The molecule has 0 aliphatic heterocycles. The van der Waals surface area contributed by atoms with E-state index >= 15 is 0 Å². The van der Waals surface area contributed by atoms with Crippen LogP contribution >= 0.6 is 0 Å². The van der Waals surface area contributed by atoms with Crippen molar-refractivity contribution in [2.24, 2.45) is 17.8 Å². The number of aliphatic hydroxyl groups is 1. The molecule has 1 aromatic carbocycles. The molecule has 3 rings (SSSR count). The van der Waals surface area contributed by atoms with Crippen LogP contribution in [0, 0.1) is 23.6 Å². The number of benzene rings is 1. The third-order valence-corrected chi connectivity index (χ3v) is 4.67. The van der Waals surface area contributed by atoms with Gasteiger partial charge in [-0.3, -0.25) is 0 Å². The predicted molar refractivity (Wildman–Crippen MR) is 65.0 cm³/mol. The average molecular weight is 234 g/mol. The summed E-state index contributed by atoms with van der Waals surface area (Å²) >= 11 is 0. The molecule has 4 unspecified atom stereocenters. The van der Waals surface area contributed by atoms with Crippen molar-refractivity contribution in [1.29, 1.82) is 0 Å². The molecule has 92 valence electrons. The van der Waals surface area contributed by atoms with E-state index < -0.39 is 0 Å². The quantitative estimate of drug-likeness (QED) is 0.851. The second-order valence-corrected chi connectivity index (χ2v) is 5.70. The zero-order chi connectivity index (χ0) is 11.8. The first-order valence-electron chi connectivity index (χ1n) is 6.65. The van der Waals surface area contributed by atoms with Crippen molar-refractivity contribution in [1.82, 2.24) is 0 Å². The molecular weight excluding hydrogens is 215 g/mol. The minimum absolute atomic E-state index is 0.185. The van der Waals surface area contributed by atoms with Crippen molar-refractivity contribution in [2.75, 3.05) is 0 Å². The Kier molecular flexibility index (Phi) is 2.91. The molecule has 0 aromatic heterocycles. The fourth-order valence-electron chi connectivity index (χ4n) is 3.81. The molecule has 1 aromatic rings. The lowest BCUT2D eigenvalue weighted by atomic mass is 9.82. The van der Waals surface area contributed by atoms with E-state index in [-0.39, 0.29) is 11.9 Å². The van der Waals surface area contributed by atoms with E-state index in [0.717, 1.165) is 12.3 Å². The highest BCUT2D eigenvalue weighted by Gasteiger charge is 2.42. The lowest BCUT2D eigenvalue weighted by Gasteiger charge is -2.26. The van der Waals surface area contributed by atoms with Crippen molar-refractivity contribution >= 4 is 0 Å². The number of aliphatic hydroxyl groups excluding tert-OH is 1. The van der Waals surface area contributed by atoms with Crippen LogP contribution in [-0.4, -0.2) is 11.2 Å². The molecule has 4 atom stereocenters. The summed E-state index contributed by atoms with van der Waals surface area (Å²) in [5.41, 5.74) is 0.655. The third-order valence-electron chi connectivity index (χ3n) is 4.67. The maximum atomic E-state index is 13.5. The first-order valence-corrected chi connectivity index (χ1v) is 6.65. The van der Waals surface area contributed by atoms with Crippen molar-refractivity contribution in [3.63, 3.8) is 0 Å². The van der Waals surface area contributed by atoms with Crippen LogP contribution in [0.1, 0.15) is 31.2 Å². The lowest BCUT2D eigenvalue weighted by Crippen LogP contribution is -2.27. The normalized spacial score (nSPS) is 32.9. The predicted octanol–water partition coefficient (Wildman–Crippen LogP) is 3.17. The lowest BCUT2D eigenvalue weighted by molar-refractivity contribution is 0.0743. The highest BCUT2D eigenvalue weighted by Crippen LogP contribution is 2.49. The Hall–Kier alpha value is -0.890. The van der Waals surface area contributed by atoms with Gasteiger partial charge in [0.1, 0.15) is 5.82 Å². The van der Waals surface area contributed by atoms with Crippen LogP contribution in [0.2, 0.25) is 0 Å². The van der Waals surface area contributed by atoms with Gasteiger partial charge < -0.3 is 5.11 Å². The smallest absolute Gasteiger partial charge is 0.126 e. The first-order chi connectivity index (χ1) is 8.24. The molecule has 2 bridgehead atoms. The highest BCUT2D eigenvalue weighted by molar-refractivity contribution is 5.18. The summed E-state index contributed by atoms with van der Waals surface area (Å²) in [7, 11) is 0. The van der Waals surface area contributed by atoms with Crippen LogP contribution in [0.3, 0.4) is 0 Å². The standard InChI is InChI=1S/C15H19FO/c16-14-4-2-1-3-12(14)9-15(17)13-8-10-5-6-11(13)7-10/h1-4,10-11,13,15,17H,5-9H2. The van der Waals surface area contributed by atoms with Gasteiger partial charge in [-0.25, -0.2) is 4.39 Å². The fraction of sp³-hybridized carbons (Fsp3) is 0.600. The van der Waals surface area contributed by atoms with Crippen LogP contribution in [0.15, 0.2) is 24.3 Å². The molecule has 0 saturated heterocycles. The number of fused-ring (bicyclic) bond motifs is 2. The van der Waals surface area contributed by atoms with E-state index in [1.165, 1.54) is 25.3 Å². The molecule has 2 saturated carbocycles. The van der Waals surface area contributed by atoms with E-state index in [2.05, 4.69) is 0 Å². The summed E-state index contributed by atoms with van der Waals surface area (Å²) in [5, 5.41) is 10.3. The van der Waals surface area contributed by atoms with Gasteiger partial charge in [-0.15, -0.1) is 0 Å². The van der Waals surface area contributed by atoms with E-state index in [4.69, 9.17) is 0 Å². The summed E-state index contributed by atoms with van der Waals surface area (Å²) in [6.07, 6.45) is 5.17. The van der Waals surface area contributed by atoms with E-state index in [1.54, 1.807) is 12.1 Å². The van der Waals surface area contributed by atoms with Gasteiger partial charge in [-0.1, -0.05) is 24.6 Å². The zero-order valence-electron chi connectivity index (χ0n) is 9.98. The van der Waals surface area contributed by atoms with Crippen molar-refractivity contribution < 1.29 is 9.50 Å². The van der Waals surface area contributed by atoms with Gasteiger partial charge in [-0.05, 0) is 48.6 Å². The number of hydrogen-bond donors (Lipinski definition) is 1. The van der Waals surface area contributed by atoms with Gasteiger partial charge in [0.05, 0.1) is 6.10 Å². The third kappa shape index (κ3) is 2.11. The second kappa shape index (κ2) is 4.41. The van der Waals surface area contributed by atoms with Crippen LogP contribution in [0.4, 0.5) is 4.39 Å². The Bertz CT molecular complexity index is 404. The minimum atomic E-state index is -0.359. The summed E-state index contributed by atoms with van der Waals surface area (Å²) in [6.45, 7) is 0. The van der Waals surface area contributed by atoms with Crippen LogP contribution in [0.25, 0.3) is 0 Å². The Morgan fingerprint density at radius 2 is 2.06 bits per heavy atom. The van der Waals surface area contributed by atoms with Gasteiger partial charge >= 0.3 is 0 Å². The summed E-state index contributed by atoms with van der Waals surface area (Å²) in [6, 6.07) is 6.79. The molecule has 0 spiro atoms. The molecular formula is C15H19FO. The largest absolute Gasteiger partial charge is 0.392 e. The van der Waals surface area contributed by atoms with Crippen molar-refractivity contribution in [3.8, 4) is 0 Å². The Morgan fingerprint density at radius 3 is 2.71 bits per heavy atom. The van der Waals surface area contributed by atoms with Gasteiger partial charge in [0.25, 0.3) is 0 Å². The molecule has 2 heteroatoms. The Morgan fingerprint density at radius 1 is 1.24 bits per heavy atom. The fourth-order valence-corrected chi connectivity index (χ4v) is 3.81. The molecule has 2 aliphatic carbocycles. The molecule has 0 heterocycles. The Balaban J connectivity index is 1.68. The van der Waals surface area contributed by atoms with Gasteiger partial charge in [0.15, 0.2) is 0 Å². The van der Waals surface area contributed by atoms with Gasteiger partial charge in [0, 0.05) is 6.42 Å². The topological polar surface area (TPSA) is 20.2 Å². The molecule has 2 aliphatic rings.